The third-order valence-corrected chi connectivity index (χ3v) is 3.01. The van der Waals surface area contributed by atoms with Crippen molar-refractivity contribution < 1.29 is 4.79 Å². The van der Waals surface area contributed by atoms with Crippen molar-refractivity contribution >= 4 is 27.5 Å². The molecule has 0 unspecified atom stereocenters. The lowest BCUT2D eigenvalue weighted by molar-refractivity contribution is -0.117. The van der Waals surface area contributed by atoms with Gasteiger partial charge < -0.3 is 5.32 Å². The molecule has 1 aromatic carbocycles. The summed E-state index contributed by atoms with van der Waals surface area (Å²) in [5.74, 6) is 0.0612. The number of rotatable bonds is 5. The van der Waals surface area contributed by atoms with Crippen molar-refractivity contribution in [3.8, 4) is 0 Å². The second-order valence-electron chi connectivity index (χ2n) is 4.54. The molecule has 1 aromatic rings. The van der Waals surface area contributed by atoms with Crippen LogP contribution in [0.1, 0.15) is 31.9 Å². The molecule has 0 bridgehead atoms. The van der Waals surface area contributed by atoms with Crippen LogP contribution in [0.2, 0.25) is 0 Å². The summed E-state index contributed by atoms with van der Waals surface area (Å²) in [6.07, 6.45) is 0. The van der Waals surface area contributed by atoms with Gasteiger partial charge in [0.2, 0.25) is 5.91 Å². The van der Waals surface area contributed by atoms with Crippen LogP contribution in [0.4, 0.5) is 5.69 Å². The summed E-state index contributed by atoms with van der Waals surface area (Å²) in [6, 6.07) is 6.03. The van der Waals surface area contributed by atoms with Crippen LogP contribution in [0.25, 0.3) is 0 Å². The van der Waals surface area contributed by atoms with Gasteiger partial charge in [0.1, 0.15) is 0 Å². The van der Waals surface area contributed by atoms with Crippen LogP contribution in [-0.4, -0.2) is 35.8 Å². The Hall–Kier alpha value is -0.870. The molecule has 114 valence electrons. The molecule has 0 heterocycles. The summed E-state index contributed by atoms with van der Waals surface area (Å²) in [5.41, 5.74) is 3.17. The topological polar surface area (TPSA) is 32.3 Å². The number of hydrogen-bond donors (Lipinski definition) is 1. The Bertz CT molecular complexity index is 383. The van der Waals surface area contributed by atoms with Gasteiger partial charge in [-0.3, -0.25) is 9.69 Å². The number of carbonyl (C=O) groups excluding carboxylic acids is 1. The minimum atomic E-state index is 0.0612. The maximum absolute atomic E-state index is 11.9. The van der Waals surface area contributed by atoms with E-state index in [0.29, 0.717) is 6.54 Å². The molecule has 0 aliphatic heterocycles. The number of nitrogens with one attached hydrogen (secondary N) is 1. The van der Waals surface area contributed by atoms with Gasteiger partial charge in [-0.15, -0.1) is 0 Å². The molecule has 0 saturated heterocycles. The van der Waals surface area contributed by atoms with E-state index in [9.17, 15) is 4.79 Å². The molecule has 1 N–H and O–H groups in total. The number of carbonyl (C=O) groups is 1. The predicted molar refractivity (Wildman–Crippen MR) is 91.8 cm³/mol. The van der Waals surface area contributed by atoms with Crippen LogP contribution in [0, 0.1) is 13.8 Å². The first-order chi connectivity index (χ1) is 9.49. The molecule has 0 aliphatic rings. The SMILES string of the molecule is CCBr.CCN(CC)CC(=O)Nc1c(C)cccc1C. The van der Waals surface area contributed by atoms with Gasteiger partial charge in [-0.05, 0) is 38.1 Å². The smallest absolute Gasteiger partial charge is 0.238 e. The van der Waals surface area contributed by atoms with Gasteiger partial charge in [0.15, 0.2) is 0 Å². The summed E-state index contributed by atoms with van der Waals surface area (Å²) < 4.78 is 0. The minimum Gasteiger partial charge on any atom is -0.324 e. The number of halogens is 1. The number of benzene rings is 1. The highest BCUT2D eigenvalue weighted by atomic mass is 79.9. The quantitative estimate of drug-likeness (QED) is 0.820. The van der Waals surface area contributed by atoms with Crippen molar-refractivity contribution in [3.63, 3.8) is 0 Å². The highest BCUT2D eigenvalue weighted by Crippen LogP contribution is 2.19. The fourth-order valence-electron chi connectivity index (χ4n) is 1.84. The van der Waals surface area contributed by atoms with Gasteiger partial charge >= 0.3 is 0 Å². The molecule has 1 amide bonds. The Morgan fingerprint density at radius 1 is 1.15 bits per heavy atom. The monoisotopic (exact) mass is 342 g/mol. The number of likely N-dealkylation sites (N-methyl/N-ethyl adjacent to an activating group) is 1. The van der Waals surface area contributed by atoms with Crippen LogP contribution >= 0.6 is 15.9 Å². The normalized spacial score (nSPS) is 9.95. The Morgan fingerprint density at radius 3 is 2.00 bits per heavy atom. The molecule has 4 heteroatoms. The van der Waals surface area contributed by atoms with E-state index < -0.39 is 0 Å². The fourth-order valence-corrected chi connectivity index (χ4v) is 1.84. The van der Waals surface area contributed by atoms with E-state index in [1.165, 1.54) is 0 Å². The first-order valence-electron chi connectivity index (χ1n) is 7.14. The van der Waals surface area contributed by atoms with E-state index in [2.05, 4.69) is 40.0 Å². The Kier molecular flexibility index (Phi) is 10.4. The van der Waals surface area contributed by atoms with Crippen molar-refractivity contribution in [1.82, 2.24) is 4.90 Å². The van der Waals surface area contributed by atoms with Crippen molar-refractivity contribution in [3.05, 3.63) is 29.3 Å². The summed E-state index contributed by atoms with van der Waals surface area (Å²) in [5, 5.41) is 4.06. The molecule has 0 atom stereocenters. The highest BCUT2D eigenvalue weighted by Gasteiger charge is 2.09. The number of para-hydroxylation sites is 1. The average Bonchev–Trinajstić information content (AvgIpc) is 2.41. The van der Waals surface area contributed by atoms with Crippen LogP contribution in [0.15, 0.2) is 18.2 Å². The molecular formula is C16H27BrN2O. The predicted octanol–water partition coefficient (Wildman–Crippen LogP) is 3.98. The van der Waals surface area contributed by atoms with E-state index in [0.717, 1.165) is 35.2 Å². The van der Waals surface area contributed by atoms with Crippen molar-refractivity contribution in [2.45, 2.75) is 34.6 Å². The Morgan fingerprint density at radius 2 is 1.60 bits per heavy atom. The zero-order valence-electron chi connectivity index (χ0n) is 13.3. The number of anilines is 1. The molecular weight excluding hydrogens is 316 g/mol. The zero-order valence-corrected chi connectivity index (χ0v) is 14.9. The number of amides is 1. The molecule has 0 radical (unpaired) electrons. The molecule has 0 aliphatic carbocycles. The van der Waals surface area contributed by atoms with E-state index in [-0.39, 0.29) is 5.91 Å². The number of aryl methyl sites for hydroxylation is 2. The molecule has 0 spiro atoms. The van der Waals surface area contributed by atoms with Crippen LogP contribution in [0.5, 0.6) is 0 Å². The maximum Gasteiger partial charge on any atom is 0.238 e. The average molecular weight is 343 g/mol. The van der Waals surface area contributed by atoms with Crippen molar-refractivity contribution in [2.24, 2.45) is 0 Å². The van der Waals surface area contributed by atoms with E-state index in [1.807, 2.05) is 39.0 Å². The fraction of sp³-hybridized carbons (Fsp3) is 0.562. The lowest BCUT2D eigenvalue weighted by Gasteiger charge is -2.18. The molecule has 20 heavy (non-hydrogen) atoms. The van der Waals surface area contributed by atoms with E-state index in [1.54, 1.807) is 0 Å². The van der Waals surface area contributed by atoms with Crippen LogP contribution < -0.4 is 5.32 Å². The summed E-state index contributed by atoms with van der Waals surface area (Å²) in [7, 11) is 0. The molecule has 0 fully saturated rings. The lowest BCUT2D eigenvalue weighted by Crippen LogP contribution is -2.33. The zero-order chi connectivity index (χ0) is 15.5. The summed E-state index contributed by atoms with van der Waals surface area (Å²) >= 11 is 3.15. The molecule has 1 rings (SSSR count). The third-order valence-electron chi connectivity index (χ3n) is 3.01. The Labute approximate surface area is 131 Å². The molecule has 0 aromatic heterocycles. The number of hydrogen-bond acceptors (Lipinski definition) is 2. The standard InChI is InChI=1S/C14H22N2O.C2H5Br/c1-5-16(6-2)10-13(17)15-14-11(3)8-7-9-12(14)4;1-2-3/h7-9H,5-6,10H2,1-4H3,(H,15,17);2H2,1H3. The highest BCUT2D eigenvalue weighted by molar-refractivity contribution is 9.09. The number of nitrogens with zero attached hydrogens (tertiary/aromatic N) is 1. The third kappa shape index (κ3) is 7.06. The maximum atomic E-state index is 11.9. The van der Waals surface area contributed by atoms with Gasteiger partial charge in [0, 0.05) is 11.0 Å². The summed E-state index contributed by atoms with van der Waals surface area (Å²) in [6.45, 7) is 12.5. The first-order valence-corrected chi connectivity index (χ1v) is 8.26. The van der Waals surface area contributed by atoms with Gasteiger partial charge in [-0.2, -0.15) is 0 Å². The lowest BCUT2D eigenvalue weighted by atomic mass is 10.1. The molecule has 3 nitrogen and oxygen atoms in total. The van der Waals surface area contributed by atoms with Crippen LogP contribution in [-0.2, 0) is 4.79 Å². The second kappa shape index (κ2) is 10.9. The van der Waals surface area contributed by atoms with Gasteiger partial charge in [0.25, 0.3) is 0 Å². The number of alkyl halides is 1. The minimum absolute atomic E-state index is 0.0612. The first kappa shape index (κ1) is 19.1. The van der Waals surface area contributed by atoms with Crippen molar-refractivity contribution in [1.29, 1.82) is 0 Å². The molecule has 0 saturated carbocycles. The van der Waals surface area contributed by atoms with E-state index in [4.69, 9.17) is 0 Å². The van der Waals surface area contributed by atoms with Gasteiger partial charge in [-0.25, -0.2) is 0 Å². The Balaban J connectivity index is 0.00000110. The second-order valence-corrected chi connectivity index (χ2v) is 5.67. The van der Waals surface area contributed by atoms with Crippen LogP contribution in [0.3, 0.4) is 0 Å². The van der Waals surface area contributed by atoms with Gasteiger partial charge in [0.05, 0.1) is 6.54 Å². The summed E-state index contributed by atoms with van der Waals surface area (Å²) in [4.78, 5) is 14.0. The van der Waals surface area contributed by atoms with Gasteiger partial charge in [-0.1, -0.05) is 54.9 Å². The largest absolute Gasteiger partial charge is 0.324 e. The van der Waals surface area contributed by atoms with E-state index >= 15 is 0 Å². The van der Waals surface area contributed by atoms with Crippen molar-refractivity contribution in [2.75, 3.05) is 30.3 Å².